The number of alkyl halides is 3. The lowest BCUT2D eigenvalue weighted by Gasteiger charge is -2.05. The molecule has 1 aromatic rings. The standard InChI is InChI=1S/C6H6F3N3O/c7-4(8)5(9)12-2-3(1-11-12)6(10)13/h1-2,4-5H,(H2,10,13). The Morgan fingerprint density at radius 2 is 2.15 bits per heavy atom. The Morgan fingerprint density at radius 3 is 2.54 bits per heavy atom. The number of rotatable bonds is 3. The lowest BCUT2D eigenvalue weighted by Crippen LogP contribution is -2.13. The summed E-state index contributed by atoms with van der Waals surface area (Å²) in [5.74, 6) is -0.840. The van der Waals surface area contributed by atoms with Crippen LogP contribution >= 0.6 is 0 Å². The number of aromatic nitrogens is 2. The van der Waals surface area contributed by atoms with E-state index < -0.39 is 18.6 Å². The molecule has 0 aliphatic carbocycles. The topological polar surface area (TPSA) is 60.9 Å². The van der Waals surface area contributed by atoms with Gasteiger partial charge in [0, 0.05) is 6.20 Å². The highest BCUT2D eigenvalue weighted by Crippen LogP contribution is 2.16. The second-order valence-corrected chi connectivity index (χ2v) is 2.28. The third-order valence-corrected chi connectivity index (χ3v) is 1.35. The van der Waals surface area contributed by atoms with Gasteiger partial charge in [0.25, 0.3) is 18.6 Å². The zero-order valence-corrected chi connectivity index (χ0v) is 6.32. The van der Waals surface area contributed by atoms with Crippen LogP contribution in [0.1, 0.15) is 16.7 Å². The quantitative estimate of drug-likeness (QED) is 0.768. The van der Waals surface area contributed by atoms with Gasteiger partial charge in [-0.1, -0.05) is 0 Å². The van der Waals surface area contributed by atoms with Crippen molar-refractivity contribution in [3.05, 3.63) is 18.0 Å². The average Bonchev–Trinajstić information content (AvgIpc) is 2.50. The van der Waals surface area contributed by atoms with E-state index in [2.05, 4.69) is 5.10 Å². The minimum absolute atomic E-state index is 0.108. The third kappa shape index (κ3) is 1.98. The van der Waals surface area contributed by atoms with Crippen molar-refractivity contribution in [2.75, 3.05) is 0 Å². The smallest absolute Gasteiger partial charge is 0.289 e. The molecule has 1 aromatic heterocycles. The molecule has 0 aromatic carbocycles. The first-order valence-corrected chi connectivity index (χ1v) is 3.28. The summed E-state index contributed by atoms with van der Waals surface area (Å²) < 4.78 is 36.4. The predicted molar refractivity (Wildman–Crippen MR) is 36.9 cm³/mol. The van der Waals surface area contributed by atoms with Crippen molar-refractivity contribution in [3.8, 4) is 0 Å². The number of carbonyl (C=O) groups excluding carboxylic acids is 1. The van der Waals surface area contributed by atoms with Gasteiger partial charge in [-0.2, -0.15) is 5.10 Å². The Morgan fingerprint density at radius 1 is 1.54 bits per heavy atom. The molecule has 1 amide bonds. The Bertz CT molecular complexity index is 312. The van der Waals surface area contributed by atoms with E-state index in [1.54, 1.807) is 0 Å². The van der Waals surface area contributed by atoms with E-state index in [0.29, 0.717) is 4.68 Å². The molecule has 0 radical (unpaired) electrons. The van der Waals surface area contributed by atoms with Crippen LogP contribution < -0.4 is 5.73 Å². The van der Waals surface area contributed by atoms with Crippen molar-refractivity contribution in [3.63, 3.8) is 0 Å². The van der Waals surface area contributed by atoms with Crippen LogP contribution in [0.15, 0.2) is 12.4 Å². The Labute approximate surface area is 71.1 Å². The molecule has 72 valence electrons. The summed E-state index contributed by atoms with van der Waals surface area (Å²) in [5.41, 5.74) is 4.69. The van der Waals surface area contributed by atoms with E-state index in [9.17, 15) is 18.0 Å². The first kappa shape index (κ1) is 9.56. The SMILES string of the molecule is NC(=O)c1cnn(C(F)C(F)F)c1. The maximum atomic E-state index is 12.5. The first-order chi connectivity index (χ1) is 6.02. The molecule has 0 aliphatic heterocycles. The number of carbonyl (C=O) groups is 1. The fourth-order valence-electron chi connectivity index (χ4n) is 0.716. The van der Waals surface area contributed by atoms with Crippen LogP contribution in [0.25, 0.3) is 0 Å². The third-order valence-electron chi connectivity index (χ3n) is 1.35. The number of primary amides is 1. The molecule has 2 N–H and O–H groups in total. The summed E-state index contributed by atoms with van der Waals surface area (Å²) in [4.78, 5) is 10.5. The molecule has 0 spiro atoms. The van der Waals surface area contributed by atoms with Gasteiger partial charge in [-0.25, -0.2) is 17.9 Å². The van der Waals surface area contributed by atoms with Gasteiger partial charge < -0.3 is 5.73 Å². The number of hydrogen-bond donors (Lipinski definition) is 1. The van der Waals surface area contributed by atoms with Crippen molar-refractivity contribution < 1.29 is 18.0 Å². The van der Waals surface area contributed by atoms with Gasteiger partial charge in [0.15, 0.2) is 0 Å². The first-order valence-electron chi connectivity index (χ1n) is 3.28. The summed E-state index contributed by atoms with van der Waals surface area (Å²) in [6.45, 7) is 0. The zero-order chi connectivity index (χ0) is 10.0. The molecular weight excluding hydrogens is 187 g/mol. The fourth-order valence-corrected chi connectivity index (χ4v) is 0.716. The molecule has 0 saturated heterocycles. The highest BCUT2D eigenvalue weighted by Gasteiger charge is 2.22. The van der Waals surface area contributed by atoms with Gasteiger partial charge in [-0.15, -0.1) is 0 Å². The van der Waals surface area contributed by atoms with E-state index in [4.69, 9.17) is 5.73 Å². The molecule has 1 unspecified atom stereocenters. The molecule has 0 aliphatic rings. The van der Waals surface area contributed by atoms with E-state index in [-0.39, 0.29) is 5.56 Å². The molecule has 0 bridgehead atoms. The van der Waals surface area contributed by atoms with Gasteiger partial charge in [0.2, 0.25) is 0 Å². The van der Waals surface area contributed by atoms with Crippen molar-refractivity contribution in [1.29, 1.82) is 0 Å². The molecular formula is C6H6F3N3O. The van der Waals surface area contributed by atoms with Gasteiger partial charge in [0.1, 0.15) is 0 Å². The molecule has 1 heterocycles. The molecule has 0 fully saturated rings. The Hall–Kier alpha value is -1.53. The van der Waals surface area contributed by atoms with Crippen molar-refractivity contribution >= 4 is 5.91 Å². The Kier molecular flexibility index (Phi) is 2.54. The monoisotopic (exact) mass is 193 g/mol. The summed E-state index contributed by atoms with van der Waals surface area (Å²) in [6, 6.07) is 0. The molecule has 1 rings (SSSR count). The van der Waals surface area contributed by atoms with Crippen molar-refractivity contribution in [2.24, 2.45) is 5.73 Å². The summed E-state index contributed by atoms with van der Waals surface area (Å²) in [5, 5.41) is 3.22. The second-order valence-electron chi connectivity index (χ2n) is 2.28. The number of nitrogens with two attached hydrogens (primary N) is 1. The maximum Gasteiger partial charge on any atom is 0.289 e. The van der Waals surface area contributed by atoms with Crippen molar-refractivity contribution in [1.82, 2.24) is 9.78 Å². The maximum absolute atomic E-state index is 12.5. The number of halogens is 3. The molecule has 4 nitrogen and oxygen atoms in total. The minimum atomic E-state index is -3.18. The van der Waals surface area contributed by atoms with Crippen LogP contribution in [0.2, 0.25) is 0 Å². The lowest BCUT2D eigenvalue weighted by molar-refractivity contribution is 0.000721. The molecule has 0 saturated carbocycles. The van der Waals surface area contributed by atoms with E-state index >= 15 is 0 Å². The molecule has 1 atom stereocenters. The number of nitrogens with zero attached hydrogens (tertiary/aromatic N) is 2. The summed E-state index contributed by atoms with van der Waals surface area (Å²) >= 11 is 0. The normalized spacial score (nSPS) is 13.2. The average molecular weight is 193 g/mol. The Balaban J connectivity index is 2.85. The highest BCUT2D eigenvalue weighted by molar-refractivity contribution is 5.92. The van der Waals surface area contributed by atoms with Crippen LogP contribution in [0.5, 0.6) is 0 Å². The predicted octanol–water partition coefficient (Wildman–Crippen LogP) is 0.715. The van der Waals surface area contributed by atoms with Gasteiger partial charge in [-0.3, -0.25) is 4.79 Å². The highest BCUT2D eigenvalue weighted by atomic mass is 19.3. The second kappa shape index (κ2) is 3.46. The molecule has 13 heavy (non-hydrogen) atoms. The molecule has 7 heteroatoms. The van der Waals surface area contributed by atoms with Gasteiger partial charge >= 0.3 is 0 Å². The van der Waals surface area contributed by atoms with Crippen LogP contribution in [0.3, 0.4) is 0 Å². The van der Waals surface area contributed by atoms with Crippen molar-refractivity contribution in [2.45, 2.75) is 12.7 Å². The van der Waals surface area contributed by atoms with Crippen LogP contribution in [-0.2, 0) is 0 Å². The minimum Gasteiger partial charge on any atom is -0.366 e. The van der Waals surface area contributed by atoms with Crippen LogP contribution in [0, 0.1) is 0 Å². The number of amides is 1. The van der Waals surface area contributed by atoms with Crippen LogP contribution in [-0.4, -0.2) is 22.1 Å². The summed E-state index contributed by atoms with van der Waals surface area (Å²) in [7, 11) is 0. The number of hydrogen-bond acceptors (Lipinski definition) is 2. The van der Waals surface area contributed by atoms with Crippen LogP contribution in [0.4, 0.5) is 13.2 Å². The van der Waals surface area contributed by atoms with E-state index in [1.165, 1.54) is 0 Å². The summed E-state index contributed by atoms with van der Waals surface area (Å²) in [6.07, 6.45) is -3.97. The van der Waals surface area contributed by atoms with E-state index in [1.807, 2.05) is 0 Å². The largest absolute Gasteiger partial charge is 0.366 e. The van der Waals surface area contributed by atoms with E-state index in [0.717, 1.165) is 12.4 Å². The van der Waals surface area contributed by atoms with Gasteiger partial charge in [-0.05, 0) is 0 Å². The fraction of sp³-hybridized carbons (Fsp3) is 0.333. The zero-order valence-electron chi connectivity index (χ0n) is 6.32. The van der Waals surface area contributed by atoms with Gasteiger partial charge in [0.05, 0.1) is 11.8 Å². The lowest BCUT2D eigenvalue weighted by atomic mass is 10.3.